The average molecular weight is 280 g/mol. The molecule has 0 aliphatic rings. The normalized spacial score (nSPS) is 14.1. The summed E-state index contributed by atoms with van der Waals surface area (Å²) >= 11 is 0. The maximum atomic E-state index is 13.6. The minimum Gasteiger partial charge on any atom is -0.358 e. The molecule has 112 valence electrons. The van der Waals surface area contributed by atoms with Crippen LogP contribution in [0.2, 0.25) is 0 Å². The van der Waals surface area contributed by atoms with Gasteiger partial charge in [0.15, 0.2) is 0 Å². The van der Waals surface area contributed by atoms with E-state index in [-0.39, 0.29) is 23.8 Å². The molecule has 2 unspecified atom stereocenters. The molecule has 0 spiro atoms. The van der Waals surface area contributed by atoms with Gasteiger partial charge in [-0.15, -0.1) is 0 Å². The molecule has 0 heterocycles. The fraction of sp³-hybridized carbons (Fsp3) is 0.562. The Bertz CT molecular complexity index is 434. The van der Waals surface area contributed by atoms with Crippen molar-refractivity contribution in [3.8, 4) is 0 Å². The van der Waals surface area contributed by atoms with Gasteiger partial charge in [-0.1, -0.05) is 32.0 Å². The van der Waals surface area contributed by atoms with Gasteiger partial charge in [0.05, 0.1) is 6.04 Å². The molecule has 2 atom stereocenters. The predicted molar refractivity (Wildman–Crippen MR) is 80.0 cm³/mol. The molecule has 0 aliphatic heterocycles. The largest absolute Gasteiger partial charge is 0.358 e. The number of rotatable bonds is 7. The Morgan fingerprint density at radius 2 is 1.90 bits per heavy atom. The van der Waals surface area contributed by atoms with E-state index in [9.17, 15) is 9.18 Å². The molecule has 0 saturated heterocycles. The lowest BCUT2D eigenvalue weighted by atomic mass is 10.0. The van der Waals surface area contributed by atoms with Crippen molar-refractivity contribution in [1.82, 2.24) is 10.6 Å². The Balaban J connectivity index is 2.64. The van der Waals surface area contributed by atoms with Gasteiger partial charge in [-0.25, -0.2) is 4.39 Å². The zero-order chi connectivity index (χ0) is 15.1. The number of carbonyl (C=O) groups excluding carboxylic acids is 1. The fourth-order valence-electron chi connectivity index (χ4n) is 2.29. The number of carbonyl (C=O) groups is 1. The molecule has 1 amide bonds. The summed E-state index contributed by atoms with van der Waals surface area (Å²) < 4.78 is 13.6. The van der Waals surface area contributed by atoms with Crippen molar-refractivity contribution in [3.05, 3.63) is 35.6 Å². The van der Waals surface area contributed by atoms with E-state index in [2.05, 4.69) is 24.5 Å². The van der Waals surface area contributed by atoms with Crippen LogP contribution in [0.4, 0.5) is 4.39 Å². The highest BCUT2D eigenvalue weighted by atomic mass is 19.1. The molecule has 0 saturated carbocycles. The highest BCUT2D eigenvalue weighted by Crippen LogP contribution is 2.11. The van der Waals surface area contributed by atoms with E-state index in [1.807, 2.05) is 13.0 Å². The summed E-state index contributed by atoms with van der Waals surface area (Å²) in [6, 6.07) is 6.56. The number of amides is 1. The number of likely N-dealkylation sites (N-methyl/N-ethyl adjacent to an activating group) is 1. The van der Waals surface area contributed by atoms with E-state index in [0.717, 1.165) is 6.42 Å². The molecule has 3 nitrogen and oxygen atoms in total. The predicted octanol–water partition coefficient (Wildman–Crippen LogP) is 2.51. The first-order valence-corrected chi connectivity index (χ1v) is 7.15. The lowest BCUT2D eigenvalue weighted by Crippen LogP contribution is -2.47. The summed E-state index contributed by atoms with van der Waals surface area (Å²) in [4.78, 5) is 11.9. The molecular weight excluding hydrogens is 255 g/mol. The Morgan fingerprint density at radius 1 is 1.25 bits per heavy atom. The maximum absolute atomic E-state index is 13.6. The minimum atomic E-state index is -0.234. The van der Waals surface area contributed by atoms with E-state index in [4.69, 9.17) is 0 Å². The van der Waals surface area contributed by atoms with E-state index >= 15 is 0 Å². The van der Waals surface area contributed by atoms with Crippen LogP contribution >= 0.6 is 0 Å². The van der Waals surface area contributed by atoms with Gasteiger partial charge in [0.2, 0.25) is 5.91 Å². The second kappa shape index (κ2) is 8.00. The molecule has 4 heteroatoms. The zero-order valence-electron chi connectivity index (χ0n) is 12.7. The lowest BCUT2D eigenvalue weighted by Gasteiger charge is -2.23. The molecule has 2 N–H and O–H groups in total. The van der Waals surface area contributed by atoms with Crippen LogP contribution in [0.25, 0.3) is 0 Å². The third-order valence-corrected chi connectivity index (χ3v) is 3.24. The quantitative estimate of drug-likeness (QED) is 0.806. The molecule has 1 rings (SSSR count). The molecule has 1 aromatic rings. The smallest absolute Gasteiger partial charge is 0.236 e. The van der Waals surface area contributed by atoms with E-state index < -0.39 is 0 Å². The van der Waals surface area contributed by atoms with Gasteiger partial charge < -0.3 is 10.6 Å². The molecule has 0 radical (unpaired) electrons. The lowest BCUT2D eigenvalue weighted by molar-refractivity contribution is -0.123. The SMILES string of the molecule is CNC(=O)C(CC(C)C)NC(C)Cc1ccccc1F. The summed E-state index contributed by atoms with van der Waals surface area (Å²) in [6.07, 6.45) is 1.33. The van der Waals surface area contributed by atoms with Gasteiger partial charge in [-0.3, -0.25) is 4.79 Å². The zero-order valence-corrected chi connectivity index (χ0v) is 12.7. The second-order valence-electron chi connectivity index (χ2n) is 5.66. The van der Waals surface area contributed by atoms with E-state index in [1.165, 1.54) is 6.07 Å². The number of nitrogens with one attached hydrogen (secondary N) is 2. The van der Waals surface area contributed by atoms with Crippen molar-refractivity contribution >= 4 is 5.91 Å². The Hall–Kier alpha value is -1.42. The molecule has 0 aromatic heterocycles. The van der Waals surface area contributed by atoms with Crippen LogP contribution in [-0.4, -0.2) is 25.0 Å². The second-order valence-corrected chi connectivity index (χ2v) is 5.66. The van der Waals surface area contributed by atoms with Crippen LogP contribution in [0.1, 0.15) is 32.8 Å². The molecular formula is C16H25FN2O. The summed E-state index contributed by atoms with van der Waals surface area (Å²) in [7, 11) is 1.64. The highest BCUT2D eigenvalue weighted by Gasteiger charge is 2.20. The van der Waals surface area contributed by atoms with Crippen LogP contribution in [0.15, 0.2) is 24.3 Å². The summed E-state index contributed by atoms with van der Waals surface area (Å²) in [5.74, 6) is 0.214. The standard InChI is InChI=1S/C16H25FN2O/c1-11(2)9-15(16(20)18-4)19-12(3)10-13-7-5-6-8-14(13)17/h5-8,11-12,15,19H,9-10H2,1-4H3,(H,18,20). The Labute approximate surface area is 121 Å². The monoisotopic (exact) mass is 280 g/mol. The molecule has 1 aromatic carbocycles. The van der Waals surface area contributed by atoms with Gasteiger partial charge in [-0.2, -0.15) is 0 Å². The van der Waals surface area contributed by atoms with Crippen molar-refractivity contribution in [2.45, 2.75) is 45.7 Å². The Morgan fingerprint density at radius 3 is 2.45 bits per heavy atom. The molecule has 0 bridgehead atoms. The Kier molecular flexibility index (Phi) is 6.65. The van der Waals surface area contributed by atoms with E-state index in [1.54, 1.807) is 19.2 Å². The van der Waals surface area contributed by atoms with Crippen LogP contribution in [-0.2, 0) is 11.2 Å². The summed E-state index contributed by atoms with van der Waals surface area (Å²) in [6.45, 7) is 6.14. The van der Waals surface area contributed by atoms with Crippen molar-refractivity contribution in [1.29, 1.82) is 0 Å². The van der Waals surface area contributed by atoms with Gasteiger partial charge in [0.25, 0.3) is 0 Å². The number of halogens is 1. The fourth-order valence-corrected chi connectivity index (χ4v) is 2.29. The number of benzene rings is 1. The van der Waals surface area contributed by atoms with Gasteiger partial charge in [0, 0.05) is 13.1 Å². The van der Waals surface area contributed by atoms with Gasteiger partial charge in [-0.05, 0) is 37.3 Å². The minimum absolute atomic E-state index is 0.0147. The van der Waals surface area contributed by atoms with E-state index in [0.29, 0.717) is 17.9 Å². The molecule has 0 aliphatic carbocycles. The number of hydrogen-bond donors (Lipinski definition) is 2. The van der Waals surface area contributed by atoms with Crippen molar-refractivity contribution in [3.63, 3.8) is 0 Å². The van der Waals surface area contributed by atoms with Crippen LogP contribution < -0.4 is 10.6 Å². The van der Waals surface area contributed by atoms with Gasteiger partial charge in [0.1, 0.15) is 5.82 Å². The third-order valence-electron chi connectivity index (χ3n) is 3.24. The topological polar surface area (TPSA) is 41.1 Å². The van der Waals surface area contributed by atoms with Crippen LogP contribution in [0.5, 0.6) is 0 Å². The summed E-state index contributed by atoms with van der Waals surface area (Å²) in [5.41, 5.74) is 0.674. The maximum Gasteiger partial charge on any atom is 0.236 e. The molecule has 20 heavy (non-hydrogen) atoms. The first kappa shape index (κ1) is 16.6. The van der Waals surface area contributed by atoms with Crippen LogP contribution in [0.3, 0.4) is 0 Å². The first-order chi connectivity index (χ1) is 9.43. The van der Waals surface area contributed by atoms with Crippen molar-refractivity contribution in [2.24, 2.45) is 5.92 Å². The average Bonchev–Trinajstić information content (AvgIpc) is 2.39. The van der Waals surface area contributed by atoms with Crippen LogP contribution in [0, 0.1) is 11.7 Å². The first-order valence-electron chi connectivity index (χ1n) is 7.15. The third kappa shape index (κ3) is 5.29. The van der Waals surface area contributed by atoms with Gasteiger partial charge >= 0.3 is 0 Å². The van der Waals surface area contributed by atoms with Crippen molar-refractivity contribution < 1.29 is 9.18 Å². The molecule has 0 fully saturated rings. The van der Waals surface area contributed by atoms with Crippen molar-refractivity contribution in [2.75, 3.05) is 7.05 Å². The summed E-state index contributed by atoms with van der Waals surface area (Å²) in [5, 5.41) is 5.97. The highest BCUT2D eigenvalue weighted by molar-refractivity contribution is 5.81. The number of hydrogen-bond acceptors (Lipinski definition) is 2.